The minimum Gasteiger partial charge on any atom is -0.373 e. The Kier molecular flexibility index (Phi) is 7.37. The third kappa shape index (κ3) is 5.49. The van der Waals surface area contributed by atoms with Gasteiger partial charge in [0.05, 0.1) is 18.1 Å². The van der Waals surface area contributed by atoms with E-state index in [2.05, 4.69) is 24.1 Å². The van der Waals surface area contributed by atoms with Crippen molar-refractivity contribution in [2.24, 2.45) is 5.92 Å². The van der Waals surface area contributed by atoms with Crippen LogP contribution in [0.5, 0.6) is 0 Å². The van der Waals surface area contributed by atoms with E-state index < -0.39 is 0 Å². The maximum Gasteiger partial charge on any atom is 0.227 e. The van der Waals surface area contributed by atoms with E-state index in [0.29, 0.717) is 13.1 Å². The van der Waals surface area contributed by atoms with Crippen LogP contribution in [0.1, 0.15) is 26.7 Å². The molecule has 3 rings (SSSR count). The first-order valence-electron chi connectivity index (χ1n) is 10.1. The molecule has 1 aromatic carbocycles. The fourth-order valence-electron chi connectivity index (χ4n) is 4.04. The number of thioether (sulfide) groups is 1. The minimum atomic E-state index is -0.270. The average Bonchev–Trinajstić information content (AvgIpc) is 3.06. The van der Waals surface area contributed by atoms with E-state index in [-0.39, 0.29) is 36.4 Å². The maximum atomic E-state index is 12.5. The van der Waals surface area contributed by atoms with Crippen LogP contribution in [0.25, 0.3) is 0 Å². The summed E-state index contributed by atoms with van der Waals surface area (Å²) >= 11 is 1.65. The molecule has 0 saturated carbocycles. The molecule has 6 nitrogen and oxygen atoms in total. The normalized spacial score (nSPS) is 25.9. The molecule has 0 aliphatic carbocycles. The van der Waals surface area contributed by atoms with E-state index in [0.717, 1.165) is 36.6 Å². The van der Waals surface area contributed by atoms with Crippen LogP contribution < -0.4 is 10.2 Å². The maximum absolute atomic E-state index is 12.5. The Morgan fingerprint density at radius 2 is 2.00 bits per heavy atom. The smallest absolute Gasteiger partial charge is 0.227 e. The Bertz CT molecular complexity index is 689. The van der Waals surface area contributed by atoms with Crippen molar-refractivity contribution in [2.75, 3.05) is 43.9 Å². The summed E-state index contributed by atoms with van der Waals surface area (Å²) in [6.45, 7) is 8.14. The number of anilines is 1. The number of hydrogen-bond donors (Lipinski definition) is 1. The van der Waals surface area contributed by atoms with Crippen molar-refractivity contribution in [1.29, 1.82) is 0 Å². The molecule has 2 aliphatic heterocycles. The molecule has 1 aromatic rings. The van der Waals surface area contributed by atoms with Gasteiger partial charge in [0.15, 0.2) is 0 Å². The van der Waals surface area contributed by atoms with Crippen molar-refractivity contribution in [3.8, 4) is 0 Å². The van der Waals surface area contributed by atoms with Gasteiger partial charge >= 0.3 is 0 Å². The Labute approximate surface area is 172 Å². The predicted octanol–water partition coefficient (Wildman–Crippen LogP) is 2.38. The highest BCUT2D eigenvalue weighted by Gasteiger charge is 2.35. The quantitative estimate of drug-likeness (QED) is 0.557. The van der Waals surface area contributed by atoms with Crippen LogP contribution >= 0.6 is 11.8 Å². The topological polar surface area (TPSA) is 61.9 Å². The first kappa shape index (κ1) is 21.1. The van der Waals surface area contributed by atoms with E-state index >= 15 is 0 Å². The van der Waals surface area contributed by atoms with Crippen LogP contribution in [0.3, 0.4) is 0 Å². The molecule has 1 N–H and O–H groups in total. The number of ether oxygens (including phenoxy) is 1. The van der Waals surface area contributed by atoms with Crippen molar-refractivity contribution in [3.05, 3.63) is 24.3 Å². The molecule has 2 saturated heterocycles. The van der Waals surface area contributed by atoms with E-state index in [1.807, 2.05) is 30.5 Å². The highest BCUT2D eigenvalue weighted by molar-refractivity contribution is 7.98. The Morgan fingerprint density at radius 3 is 2.71 bits per heavy atom. The van der Waals surface area contributed by atoms with Crippen LogP contribution in [-0.4, -0.2) is 67.9 Å². The standard InChI is InChI=1S/C21H31N3O3S/c1-15-12-23(13-16(2)27-15)9-5-8-22-21(26)17-10-20(25)24(14-17)18-6-4-7-19(11-18)28-3/h4,6-7,11,15-17H,5,8-10,12-14H2,1-3H3,(H,22,26)/t15-,16+,17-/m0/s1. The molecule has 0 unspecified atom stereocenters. The second-order valence-electron chi connectivity index (χ2n) is 7.77. The lowest BCUT2D eigenvalue weighted by Crippen LogP contribution is -2.46. The lowest BCUT2D eigenvalue weighted by Gasteiger charge is -2.35. The summed E-state index contributed by atoms with van der Waals surface area (Å²) in [5, 5.41) is 3.02. The van der Waals surface area contributed by atoms with E-state index in [1.165, 1.54) is 0 Å². The van der Waals surface area contributed by atoms with Gasteiger partial charge in [-0.2, -0.15) is 0 Å². The average molecular weight is 406 g/mol. The first-order chi connectivity index (χ1) is 13.5. The second kappa shape index (κ2) is 9.76. The third-order valence-corrected chi connectivity index (χ3v) is 6.03. The molecule has 0 radical (unpaired) electrons. The van der Waals surface area contributed by atoms with Gasteiger partial charge in [0, 0.05) is 49.7 Å². The van der Waals surface area contributed by atoms with Gasteiger partial charge in [-0.05, 0) is 44.7 Å². The molecule has 2 amide bonds. The number of rotatable bonds is 7. The zero-order valence-electron chi connectivity index (χ0n) is 17.0. The van der Waals surface area contributed by atoms with Crippen LogP contribution in [0.2, 0.25) is 0 Å². The van der Waals surface area contributed by atoms with Gasteiger partial charge in [-0.15, -0.1) is 11.8 Å². The fraction of sp³-hybridized carbons (Fsp3) is 0.619. The molecule has 0 bridgehead atoms. The van der Waals surface area contributed by atoms with E-state index in [9.17, 15) is 9.59 Å². The number of benzene rings is 1. The molecule has 7 heteroatoms. The van der Waals surface area contributed by atoms with Gasteiger partial charge in [0.2, 0.25) is 11.8 Å². The SMILES string of the molecule is CSc1cccc(N2C[C@@H](C(=O)NCCCN3C[C@@H](C)O[C@@H](C)C3)CC2=O)c1. The molecule has 0 spiro atoms. The summed E-state index contributed by atoms with van der Waals surface area (Å²) in [4.78, 5) is 30.2. The van der Waals surface area contributed by atoms with Gasteiger partial charge in [-0.1, -0.05) is 6.07 Å². The van der Waals surface area contributed by atoms with Gasteiger partial charge in [0.25, 0.3) is 0 Å². The number of hydrogen-bond acceptors (Lipinski definition) is 5. The van der Waals surface area contributed by atoms with Gasteiger partial charge in [-0.25, -0.2) is 0 Å². The summed E-state index contributed by atoms with van der Waals surface area (Å²) < 4.78 is 5.75. The summed E-state index contributed by atoms with van der Waals surface area (Å²) in [6, 6.07) is 7.92. The van der Waals surface area contributed by atoms with Crippen LogP contribution in [0.15, 0.2) is 29.2 Å². The highest BCUT2D eigenvalue weighted by atomic mass is 32.2. The minimum absolute atomic E-state index is 0.0133. The summed E-state index contributed by atoms with van der Waals surface area (Å²) in [5.41, 5.74) is 0.878. The van der Waals surface area contributed by atoms with Crippen molar-refractivity contribution in [3.63, 3.8) is 0 Å². The molecule has 2 aliphatic rings. The number of carbonyl (C=O) groups is 2. The largest absolute Gasteiger partial charge is 0.373 e. The van der Waals surface area contributed by atoms with Gasteiger partial charge in [0.1, 0.15) is 0 Å². The number of carbonyl (C=O) groups excluding carboxylic acids is 2. The molecular formula is C21H31N3O3S. The summed E-state index contributed by atoms with van der Waals surface area (Å²) in [5.74, 6) is -0.260. The molecule has 28 heavy (non-hydrogen) atoms. The second-order valence-corrected chi connectivity index (χ2v) is 8.65. The first-order valence-corrected chi connectivity index (χ1v) is 11.3. The number of nitrogens with one attached hydrogen (secondary N) is 1. The Balaban J connectivity index is 1.43. The predicted molar refractivity (Wildman–Crippen MR) is 113 cm³/mol. The molecule has 3 atom stereocenters. The van der Waals surface area contributed by atoms with Crippen molar-refractivity contribution < 1.29 is 14.3 Å². The van der Waals surface area contributed by atoms with Gasteiger partial charge < -0.3 is 15.0 Å². The van der Waals surface area contributed by atoms with Crippen molar-refractivity contribution in [2.45, 2.75) is 43.8 Å². The zero-order chi connectivity index (χ0) is 20.1. The molecule has 2 fully saturated rings. The van der Waals surface area contributed by atoms with E-state index in [1.54, 1.807) is 16.7 Å². The van der Waals surface area contributed by atoms with Crippen LogP contribution in [-0.2, 0) is 14.3 Å². The molecule has 154 valence electrons. The number of amides is 2. The highest BCUT2D eigenvalue weighted by Crippen LogP contribution is 2.28. The third-order valence-electron chi connectivity index (χ3n) is 5.31. The summed E-state index contributed by atoms with van der Waals surface area (Å²) in [7, 11) is 0. The fourth-order valence-corrected chi connectivity index (χ4v) is 4.49. The number of morpholine rings is 1. The van der Waals surface area contributed by atoms with Gasteiger partial charge in [-0.3, -0.25) is 14.5 Å². The summed E-state index contributed by atoms with van der Waals surface area (Å²) in [6.07, 6.45) is 3.73. The Hall–Kier alpha value is -1.57. The lowest BCUT2D eigenvalue weighted by molar-refractivity contribution is -0.126. The Morgan fingerprint density at radius 1 is 1.25 bits per heavy atom. The molecular weight excluding hydrogens is 374 g/mol. The molecule has 2 heterocycles. The van der Waals surface area contributed by atoms with Crippen molar-refractivity contribution in [1.82, 2.24) is 10.2 Å². The zero-order valence-corrected chi connectivity index (χ0v) is 17.8. The lowest BCUT2D eigenvalue weighted by atomic mass is 10.1. The monoisotopic (exact) mass is 405 g/mol. The van der Waals surface area contributed by atoms with Crippen LogP contribution in [0.4, 0.5) is 5.69 Å². The van der Waals surface area contributed by atoms with E-state index in [4.69, 9.17) is 4.74 Å². The number of nitrogens with zero attached hydrogens (tertiary/aromatic N) is 2. The van der Waals surface area contributed by atoms with Crippen LogP contribution in [0, 0.1) is 5.92 Å². The van der Waals surface area contributed by atoms with Crippen molar-refractivity contribution >= 4 is 29.3 Å². The molecule has 0 aromatic heterocycles.